The first kappa shape index (κ1) is 34.8. The summed E-state index contributed by atoms with van der Waals surface area (Å²) in [5, 5.41) is 0. The van der Waals surface area contributed by atoms with Crippen LogP contribution in [-0.2, 0) is 17.1 Å². The maximum absolute atomic E-state index is 13.0. The molecule has 6 nitrogen and oxygen atoms in total. The standard InChI is InChI=1S/C25H28F6N4O.2ClH.H2O/c26-24(27,28)19-3-1-5-21(15-19)34-11-7-32(8-12-34)17-23(36)18-33-9-13-35(14-10-33)22-6-2-4-20(16-22)25(29,30)31;;;/h1-6,15-16H,7-14,17-18H2;2*1H;1H2. The number of piperazine rings is 2. The van der Waals surface area contributed by atoms with Gasteiger partial charge in [0.25, 0.3) is 0 Å². The molecule has 39 heavy (non-hydrogen) atoms. The zero-order valence-electron chi connectivity index (χ0n) is 21.0. The molecule has 0 atom stereocenters. The SMILES string of the molecule is Cl.Cl.O.O=C(CN1CCN(c2cccc(C(F)(F)F)c2)CC1)CN1CCN(c2cccc(C(F)(F)F)c2)CC1. The van der Waals surface area contributed by atoms with Crippen LogP contribution in [0.2, 0.25) is 0 Å². The highest BCUT2D eigenvalue weighted by molar-refractivity contribution is 5.85. The predicted octanol–water partition coefficient (Wildman–Crippen LogP) is 4.26. The number of benzene rings is 2. The van der Waals surface area contributed by atoms with E-state index in [1.165, 1.54) is 12.1 Å². The van der Waals surface area contributed by atoms with E-state index in [0.717, 1.165) is 24.3 Å². The van der Waals surface area contributed by atoms with E-state index < -0.39 is 23.5 Å². The third-order valence-electron chi connectivity index (χ3n) is 6.62. The quantitative estimate of drug-likeness (QED) is 0.461. The summed E-state index contributed by atoms with van der Waals surface area (Å²) in [4.78, 5) is 20.4. The van der Waals surface area contributed by atoms with Crippen LogP contribution in [0.25, 0.3) is 0 Å². The molecular weight excluding hydrogens is 573 g/mol. The monoisotopic (exact) mass is 604 g/mol. The van der Waals surface area contributed by atoms with Crippen molar-refractivity contribution in [2.45, 2.75) is 12.4 Å². The van der Waals surface area contributed by atoms with E-state index in [2.05, 4.69) is 0 Å². The van der Waals surface area contributed by atoms with Crippen LogP contribution in [0.15, 0.2) is 48.5 Å². The number of ketones is 1. The summed E-state index contributed by atoms with van der Waals surface area (Å²) >= 11 is 0. The Labute approximate surface area is 235 Å². The van der Waals surface area contributed by atoms with Gasteiger partial charge < -0.3 is 15.3 Å². The Morgan fingerprint density at radius 2 is 0.949 bits per heavy atom. The zero-order chi connectivity index (χ0) is 25.9. The molecule has 0 bridgehead atoms. The number of Topliss-reactive ketones (excluding diaryl/α,β-unsaturated/α-hetero) is 1. The van der Waals surface area contributed by atoms with E-state index in [0.29, 0.717) is 63.7 Å². The lowest BCUT2D eigenvalue weighted by Crippen LogP contribution is -2.51. The second-order valence-corrected chi connectivity index (χ2v) is 9.16. The van der Waals surface area contributed by atoms with Gasteiger partial charge in [-0.05, 0) is 36.4 Å². The van der Waals surface area contributed by atoms with Crippen molar-refractivity contribution in [2.24, 2.45) is 0 Å². The molecule has 0 spiro atoms. The molecule has 14 heteroatoms. The summed E-state index contributed by atoms with van der Waals surface area (Å²) in [6.45, 7) is 4.96. The number of carbonyl (C=O) groups excluding carboxylic acids is 1. The molecule has 4 rings (SSSR count). The van der Waals surface area contributed by atoms with Gasteiger partial charge in [0.1, 0.15) is 0 Å². The summed E-state index contributed by atoms with van der Waals surface area (Å²) in [5.41, 5.74) is -0.305. The van der Waals surface area contributed by atoms with Gasteiger partial charge in [-0.2, -0.15) is 26.3 Å². The maximum Gasteiger partial charge on any atom is 0.416 e. The number of halogens is 8. The molecule has 2 N–H and O–H groups in total. The molecule has 2 aliphatic rings. The average molecular weight is 605 g/mol. The second kappa shape index (κ2) is 14.4. The van der Waals surface area contributed by atoms with Crippen molar-refractivity contribution in [3.8, 4) is 0 Å². The van der Waals surface area contributed by atoms with Crippen molar-refractivity contribution in [1.82, 2.24) is 9.80 Å². The van der Waals surface area contributed by atoms with Crippen LogP contribution < -0.4 is 9.80 Å². The van der Waals surface area contributed by atoms with Crippen molar-refractivity contribution in [3.05, 3.63) is 59.7 Å². The summed E-state index contributed by atoms with van der Waals surface area (Å²) in [6.07, 6.45) is -8.77. The lowest BCUT2D eigenvalue weighted by Gasteiger charge is -2.37. The number of hydrogen-bond donors (Lipinski definition) is 0. The Balaban J connectivity index is 0.00000253. The lowest BCUT2D eigenvalue weighted by atomic mass is 10.1. The minimum atomic E-state index is -4.39. The number of nitrogens with zero attached hydrogens (tertiary/aromatic N) is 4. The Morgan fingerprint density at radius 3 is 1.26 bits per heavy atom. The third-order valence-corrected chi connectivity index (χ3v) is 6.62. The summed E-state index contributed by atoms with van der Waals surface area (Å²) < 4.78 is 77.9. The highest BCUT2D eigenvalue weighted by Crippen LogP contribution is 2.33. The van der Waals surface area contributed by atoms with Crippen LogP contribution in [0.1, 0.15) is 11.1 Å². The molecule has 2 saturated heterocycles. The molecule has 0 radical (unpaired) electrons. The van der Waals surface area contributed by atoms with Gasteiger partial charge in [0.15, 0.2) is 5.78 Å². The van der Waals surface area contributed by atoms with Crippen molar-refractivity contribution in [1.29, 1.82) is 0 Å². The van der Waals surface area contributed by atoms with E-state index in [1.807, 2.05) is 19.6 Å². The van der Waals surface area contributed by atoms with E-state index in [4.69, 9.17) is 0 Å². The highest BCUT2D eigenvalue weighted by Gasteiger charge is 2.32. The van der Waals surface area contributed by atoms with Crippen LogP contribution in [0.4, 0.5) is 37.7 Å². The summed E-state index contributed by atoms with van der Waals surface area (Å²) in [5.74, 6) is 0.0510. The number of carbonyl (C=O) groups is 1. The van der Waals surface area contributed by atoms with Gasteiger partial charge >= 0.3 is 12.4 Å². The Hall–Kier alpha value is -2.25. The van der Waals surface area contributed by atoms with Gasteiger partial charge in [-0.15, -0.1) is 24.8 Å². The summed E-state index contributed by atoms with van der Waals surface area (Å²) in [7, 11) is 0. The first-order chi connectivity index (χ1) is 17.0. The van der Waals surface area contributed by atoms with Gasteiger partial charge in [-0.3, -0.25) is 14.6 Å². The first-order valence-corrected chi connectivity index (χ1v) is 11.8. The number of alkyl halides is 6. The molecule has 2 aromatic rings. The van der Waals surface area contributed by atoms with Crippen molar-refractivity contribution in [2.75, 3.05) is 75.2 Å². The zero-order valence-corrected chi connectivity index (χ0v) is 22.6. The third kappa shape index (κ3) is 9.42. The van der Waals surface area contributed by atoms with Gasteiger partial charge in [-0.25, -0.2) is 0 Å². The topological polar surface area (TPSA) is 61.5 Å². The predicted molar refractivity (Wildman–Crippen MR) is 143 cm³/mol. The maximum atomic E-state index is 13.0. The number of hydrogen-bond acceptors (Lipinski definition) is 5. The largest absolute Gasteiger partial charge is 0.416 e. The van der Waals surface area contributed by atoms with Gasteiger partial charge in [0.05, 0.1) is 24.2 Å². The molecule has 0 aliphatic carbocycles. The van der Waals surface area contributed by atoms with Crippen molar-refractivity contribution < 1.29 is 36.6 Å². The molecule has 0 aromatic heterocycles. The molecule has 2 heterocycles. The molecule has 0 amide bonds. The Bertz CT molecular complexity index is 976. The molecule has 2 fully saturated rings. The van der Waals surface area contributed by atoms with Crippen LogP contribution >= 0.6 is 24.8 Å². The normalized spacial score (nSPS) is 17.1. The van der Waals surface area contributed by atoms with Crippen molar-refractivity contribution >= 4 is 42.0 Å². The smallest absolute Gasteiger partial charge is 0.412 e. The van der Waals surface area contributed by atoms with Crippen LogP contribution in [-0.4, -0.2) is 86.5 Å². The molecule has 0 unspecified atom stereocenters. The molecular formula is C25H32Cl2F6N4O2. The van der Waals surface area contributed by atoms with E-state index in [1.54, 1.807) is 12.1 Å². The molecule has 2 aromatic carbocycles. The van der Waals surface area contributed by atoms with E-state index in [-0.39, 0.29) is 49.2 Å². The van der Waals surface area contributed by atoms with Gasteiger partial charge in [-0.1, -0.05) is 12.1 Å². The lowest BCUT2D eigenvalue weighted by molar-refractivity contribution is -0.138. The fourth-order valence-corrected chi connectivity index (χ4v) is 4.64. The second-order valence-electron chi connectivity index (χ2n) is 9.16. The fraction of sp³-hybridized carbons (Fsp3) is 0.480. The summed E-state index contributed by atoms with van der Waals surface area (Å²) in [6, 6.07) is 10.5. The van der Waals surface area contributed by atoms with Crippen LogP contribution in [0, 0.1) is 0 Å². The minimum Gasteiger partial charge on any atom is -0.412 e. The van der Waals surface area contributed by atoms with Gasteiger partial charge in [0, 0.05) is 63.7 Å². The first-order valence-electron chi connectivity index (χ1n) is 11.8. The van der Waals surface area contributed by atoms with Gasteiger partial charge in [0.2, 0.25) is 0 Å². The van der Waals surface area contributed by atoms with Crippen molar-refractivity contribution in [3.63, 3.8) is 0 Å². The number of anilines is 2. The number of rotatable bonds is 6. The molecule has 2 aliphatic heterocycles. The van der Waals surface area contributed by atoms with E-state index >= 15 is 0 Å². The Morgan fingerprint density at radius 1 is 0.615 bits per heavy atom. The Kier molecular flexibility index (Phi) is 12.8. The molecule has 0 saturated carbocycles. The average Bonchev–Trinajstić information content (AvgIpc) is 2.84. The van der Waals surface area contributed by atoms with Crippen LogP contribution in [0.3, 0.4) is 0 Å². The van der Waals surface area contributed by atoms with Crippen LogP contribution in [0.5, 0.6) is 0 Å². The van der Waals surface area contributed by atoms with E-state index in [9.17, 15) is 31.1 Å². The minimum absolute atomic E-state index is 0. The fourth-order valence-electron chi connectivity index (χ4n) is 4.64. The highest BCUT2D eigenvalue weighted by atomic mass is 35.5. The molecule has 220 valence electrons.